The van der Waals surface area contributed by atoms with E-state index in [0.717, 1.165) is 48.6 Å². The van der Waals surface area contributed by atoms with Crippen LogP contribution in [-0.4, -0.2) is 60.1 Å². The molecular formula is C31H35F3N4O3. The van der Waals surface area contributed by atoms with Gasteiger partial charge < -0.3 is 19.9 Å². The highest BCUT2D eigenvalue weighted by atomic mass is 19.4. The van der Waals surface area contributed by atoms with Crippen LogP contribution in [0.1, 0.15) is 44.7 Å². The number of ether oxygens (including phenoxy) is 1. The number of carbonyl (C=O) groups excluding carboxylic acids is 2. The predicted octanol–water partition coefficient (Wildman–Crippen LogP) is 5.61. The van der Waals surface area contributed by atoms with Crippen LogP contribution >= 0.6 is 0 Å². The van der Waals surface area contributed by atoms with Gasteiger partial charge in [0.2, 0.25) is 0 Å². The number of nitrogens with zero attached hydrogens (tertiary/aromatic N) is 2. The van der Waals surface area contributed by atoms with Crippen LogP contribution < -0.4 is 10.2 Å². The van der Waals surface area contributed by atoms with Crippen molar-refractivity contribution in [2.24, 2.45) is 10.8 Å². The molecule has 1 aliphatic carbocycles. The summed E-state index contributed by atoms with van der Waals surface area (Å²) in [5.74, 6) is -0.588. The van der Waals surface area contributed by atoms with Crippen LogP contribution in [0.15, 0.2) is 48.7 Å². The Labute approximate surface area is 237 Å². The summed E-state index contributed by atoms with van der Waals surface area (Å²) in [5, 5.41) is 4.04. The molecule has 1 saturated carbocycles. The highest BCUT2D eigenvalue weighted by Gasteiger charge is 2.75. The van der Waals surface area contributed by atoms with Gasteiger partial charge in [-0.3, -0.25) is 14.5 Å². The third-order valence-electron chi connectivity index (χ3n) is 10.1. The lowest BCUT2D eigenvalue weighted by Gasteiger charge is -2.36. The van der Waals surface area contributed by atoms with Crippen molar-refractivity contribution in [3.8, 4) is 0 Å². The summed E-state index contributed by atoms with van der Waals surface area (Å²) in [4.78, 5) is 33.8. The van der Waals surface area contributed by atoms with Gasteiger partial charge in [-0.2, -0.15) is 13.2 Å². The van der Waals surface area contributed by atoms with Crippen molar-refractivity contribution < 1.29 is 27.5 Å². The van der Waals surface area contributed by atoms with E-state index >= 15 is 0 Å². The van der Waals surface area contributed by atoms with Crippen LogP contribution in [0, 0.1) is 10.8 Å². The molecule has 3 aliphatic rings. The molecule has 2 atom stereocenters. The van der Waals surface area contributed by atoms with Crippen LogP contribution in [-0.2, 0) is 26.9 Å². The molecule has 2 aliphatic heterocycles. The first-order chi connectivity index (χ1) is 19.3. The van der Waals surface area contributed by atoms with Crippen molar-refractivity contribution >= 4 is 34.2 Å². The Morgan fingerprint density at radius 1 is 1.05 bits per heavy atom. The first-order valence-electron chi connectivity index (χ1n) is 14.1. The Morgan fingerprint density at radius 2 is 1.80 bits per heavy atom. The Balaban J connectivity index is 1.09. The van der Waals surface area contributed by atoms with Gasteiger partial charge in [0.15, 0.2) is 5.60 Å². The highest BCUT2D eigenvalue weighted by molar-refractivity contribution is 6.04. The lowest BCUT2D eigenvalue weighted by atomic mass is 9.66. The average molecular weight is 569 g/mol. The molecule has 7 nitrogen and oxygen atoms in total. The molecular weight excluding hydrogens is 533 g/mol. The van der Waals surface area contributed by atoms with E-state index in [1.807, 2.05) is 50.1 Å². The summed E-state index contributed by atoms with van der Waals surface area (Å²) in [6, 6.07) is 11.3. The van der Waals surface area contributed by atoms with E-state index in [-0.39, 0.29) is 11.9 Å². The summed E-state index contributed by atoms with van der Waals surface area (Å²) < 4.78 is 45.1. The van der Waals surface area contributed by atoms with Crippen LogP contribution in [0.3, 0.4) is 0 Å². The van der Waals surface area contributed by atoms with Crippen molar-refractivity contribution in [2.75, 3.05) is 42.9 Å². The minimum Gasteiger partial charge on any atom is -0.448 e. The predicted molar refractivity (Wildman–Crippen MR) is 151 cm³/mol. The number of amides is 1. The zero-order valence-electron chi connectivity index (χ0n) is 23.5. The molecule has 1 unspecified atom stereocenters. The molecule has 6 rings (SSSR count). The average Bonchev–Trinajstić information content (AvgIpc) is 3.48. The lowest BCUT2D eigenvalue weighted by molar-refractivity contribution is -0.165. The maximum Gasteiger partial charge on any atom is 0.416 e. The number of esters is 1. The molecule has 3 aromatic rings. The molecule has 1 aromatic heterocycles. The zero-order chi connectivity index (χ0) is 29.2. The van der Waals surface area contributed by atoms with Gasteiger partial charge in [-0.05, 0) is 68.1 Å². The Hall–Kier alpha value is -3.53. The van der Waals surface area contributed by atoms with Crippen molar-refractivity contribution in [3.63, 3.8) is 0 Å². The first-order valence-corrected chi connectivity index (χ1v) is 14.1. The van der Waals surface area contributed by atoms with Gasteiger partial charge >= 0.3 is 12.1 Å². The van der Waals surface area contributed by atoms with Gasteiger partial charge in [0, 0.05) is 66.6 Å². The highest BCUT2D eigenvalue weighted by Crippen LogP contribution is 2.65. The van der Waals surface area contributed by atoms with E-state index < -0.39 is 28.2 Å². The molecule has 2 N–H and O–H groups in total. The van der Waals surface area contributed by atoms with Crippen molar-refractivity contribution in [1.82, 2.24) is 9.88 Å². The number of alkyl halides is 3. The van der Waals surface area contributed by atoms with Crippen molar-refractivity contribution in [1.29, 1.82) is 0 Å². The molecule has 2 aromatic carbocycles. The number of aromatic nitrogens is 1. The van der Waals surface area contributed by atoms with E-state index in [1.54, 1.807) is 6.07 Å². The second-order valence-corrected chi connectivity index (χ2v) is 12.3. The number of anilines is 2. The standard InChI is InChI=1S/C31H35F3N4O3/c1-28(2)29(3)10-11-30(28,41-27(29)40)26(39)36-22-7-8-25-24(18-22)20(19-35-25)9-12-37-13-15-38(16-14-37)23-6-4-5-21(17-23)31(32,33)34/h4-8,17-19,35H,9-16H2,1-3H3,(H,36,39)/t29-,30?/m0/s1. The third kappa shape index (κ3) is 4.38. The third-order valence-corrected chi connectivity index (χ3v) is 10.1. The van der Waals surface area contributed by atoms with Crippen LogP contribution in [0.5, 0.6) is 0 Å². The molecule has 218 valence electrons. The molecule has 10 heteroatoms. The molecule has 0 radical (unpaired) electrons. The largest absolute Gasteiger partial charge is 0.448 e. The SMILES string of the molecule is CC1(C)C2(C(=O)Nc3ccc4[nH]cc(CCN5CCN(c6cccc(C(F)(F)F)c6)CC5)c4c3)CC[C@@]1(C)C(=O)O2. The number of H-pyrrole nitrogens is 1. The number of hydrogen-bond donors (Lipinski definition) is 2. The minimum atomic E-state index is -4.35. The maximum atomic E-state index is 13.5. The number of hydrogen-bond acceptors (Lipinski definition) is 5. The monoisotopic (exact) mass is 568 g/mol. The Bertz CT molecular complexity index is 1510. The smallest absolute Gasteiger partial charge is 0.416 e. The summed E-state index contributed by atoms with van der Waals surface area (Å²) in [6.07, 6.45) is -0.447. The summed E-state index contributed by atoms with van der Waals surface area (Å²) in [5.41, 5.74) is 0.258. The number of fused-ring (bicyclic) bond motifs is 3. The Morgan fingerprint density at radius 3 is 2.46 bits per heavy atom. The fraction of sp³-hybridized carbons (Fsp3) is 0.484. The molecule has 2 saturated heterocycles. The number of piperazine rings is 1. The van der Waals surface area contributed by atoms with E-state index in [9.17, 15) is 22.8 Å². The van der Waals surface area contributed by atoms with Gasteiger partial charge in [0.1, 0.15) is 0 Å². The van der Waals surface area contributed by atoms with Gasteiger partial charge in [-0.1, -0.05) is 19.9 Å². The van der Waals surface area contributed by atoms with Crippen LogP contribution in [0.2, 0.25) is 0 Å². The zero-order valence-corrected chi connectivity index (χ0v) is 23.5. The number of halogens is 3. The lowest BCUT2D eigenvalue weighted by Crippen LogP contribution is -2.50. The fourth-order valence-corrected chi connectivity index (χ4v) is 6.83. The number of carbonyl (C=O) groups is 2. The second kappa shape index (κ2) is 9.51. The van der Waals surface area contributed by atoms with E-state index in [4.69, 9.17) is 4.74 Å². The van der Waals surface area contributed by atoms with Gasteiger partial charge in [0.25, 0.3) is 5.91 Å². The minimum absolute atomic E-state index is 0.285. The van der Waals surface area contributed by atoms with Crippen LogP contribution in [0.25, 0.3) is 10.9 Å². The summed E-state index contributed by atoms with van der Waals surface area (Å²) >= 11 is 0. The van der Waals surface area contributed by atoms with Crippen molar-refractivity contribution in [3.05, 3.63) is 59.8 Å². The molecule has 0 spiro atoms. The van der Waals surface area contributed by atoms with Gasteiger partial charge in [-0.15, -0.1) is 0 Å². The molecule has 1 amide bonds. The molecule has 3 fully saturated rings. The van der Waals surface area contributed by atoms with Crippen molar-refractivity contribution in [2.45, 2.75) is 51.8 Å². The Kier molecular flexibility index (Phi) is 6.41. The quantitative estimate of drug-likeness (QED) is 0.378. The summed E-state index contributed by atoms with van der Waals surface area (Å²) in [7, 11) is 0. The van der Waals surface area contributed by atoms with E-state index in [1.165, 1.54) is 12.1 Å². The van der Waals surface area contributed by atoms with E-state index in [2.05, 4.69) is 15.2 Å². The fourth-order valence-electron chi connectivity index (χ4n) is 6.83. The van der Waals surface area contributed by atoms with E-state index in [0.29, 0.717) is 37.3 Å². The number of aromatic amines is 1. The number of rotatable bonds is 6. The normalized spacial score (nSPS) is 26.0. The maximum absolute atomic E-state index is 13.5. The summed E-state index contributed by atoms with van der Waals surface area (Å²) in [6.45, 7) is 9.42. The van der Waals surface area contributed by atoms with Crippen LogP contribution in [0.4, 0.5) is 24.5 Å². The van der Waals surface area contributed by atoms with Gasteiger partial charge in [0.05, 0.1) is 11.0 Å². The second-order valence-electron chi connectivity index (χ2n) is 12.3. The number of benzene rings is 2. The number of nitrogens with one attached hydrogen (secondary N) is 2. The first kappa shape index (κ1) is 27.6. The molecule has 2 bridgehead atoms. The van der Waals surface area contributed by atoms with Gasteiger partial charge in [-0.25, -0.2) is 0 Å². The molecule has 41 heavy (non-hydrogen) atoms. The molecule has 3 heterocycles. The topological polar surface area (TPSA) is 77.7 Å².